The highest BCUT2D eigenvalue weighted by atomic mass is 16.4. The molecule has 1 N–H and O–H groups in total. The summed E-state index contributed by atoms with van der Waals surface area (Å²) in [6.45, 7) is 3.81. The van der Waals surface area contributed by atoms with Gasteiger partial charge < -0.3 is 5.11 Å². The fourth-order valence-corrected chi connectivity index (χ4v) is 2.47. The van der Waals surface area contributed by atoms with Crippen molar-refractivity contribution in [3.63, 3.8) is 0 Å². The first kappa shape index (κ1) is 11.2. The van der Waals surface area contributed by atoms with Crippen LogP contribution in [-0.4, -0.2) is 11.1 Å². The maximum atomic E-state index is 11.2. The van der Waals surface area contributed by atoms with Crippen LogP contribution in [0.4, 0.5) is 0 Å². The quantitative estimate of drug-likeness (QED) is 0.842. The molecule has 0 aromatic heterocycles. The summed E-state index contributed by atoms with van der Waals surface area (Å²) in [6.07, 6.45) is 2.50. The van der Waals surface area contributed by atoms with Gasteiger partial charge in [0.1, 0.15) is 0 Å². The first-order valence-corrected chi connectivity index (χ1v) is 5.88. The SMILES string of the molecule is CCC(C)(CC1Cc2ccccc21)C(=O)O. The number of hydrogen-bond acceptors (Lipinski definition) is 1. The minimum atomic E-state index is -0.667. The lowest BCUT2D eigenvalue weighted by atomic mass is 9.68. The lowest BCUT2D eigenvalue weighted by molar-refractivity contribution is -0.148. The van der Waals surface area contributed by atoms with Crippen LogP contribution in [0.15, 0.2) is 24.3 Å². The van der Waals surface area contributed by atoms with Crippen molar-refractivity contribution in [2.24, 2.45) is 5.41 Å². The standard InChI is InChI=1S/C14H18O2/c1-3-14(2,13(15)16)9-11-8-10-6-4-5-7-12(10)11/h4-7,11H,3,8-9H2,1-2H3,(H,15,16). The summed E-state index contributed by atoms with van der Waals surface area (Å²) in [4.78, 5) is 11.2. The molecule has 1 aromatic rings. The van der Waals surface area contributed by atoms with Crippen molar-refractivity contribution in [1.82, 2.24) is 0 Å². The molecule has 2 heteroatoms. The van der Waals surface area contributed by atoms with E-state index in [0.717, 1.165) is 12.8 Å². The Bertz CT molecular complexity index is 411. The summed E-state index contributed by atoms with van der Waals surface area (Å²) in [5.74, 6) is -0.225. The number of fused-ring (bicyclic) bond motifs is 1. The molecule has 16 heavy (non-hydrogen) atoms. The zero-order valence-electron chi connectivity index (χ0n) is 9.86. The third kappa shape index (κ3) is 1.73. The van der Waals surface area contributed by atoms with E-state index in [1.807, 2.05) is 26.0 Å². The van der Waals surface area contributed by atoms with Gasteiger partial charge >= 0.3 is 5.97 Å². The second-order valence-corrected chi connectivity index (χ2v) is 5.02. The van der Waals surface area contributed by atoms with E-state index in [1.165, 1.54) is 11.1 Å². The highest BCUT2D eigenvalue weighted by molar-refractivity contribution is 5.74. The molecular weight excluding hydrogens is 200 g/mol. The highest BCUT2D eigenvalue weighted by Gasteiger charge is 2.37. The van der Waals surface area contributed by atoms with E-state index in [1.54, 1.807) is 0 Å². The molecule has 2 nitrogen and oxygen atoms in total. The smallest absolute Gasteiger partial charge is 0.309 e. The molecule has 1 aliphatic carbocycles. The van der Waals surface area contributed by atoms with Crippen LogP contribution in [-0.2, 0) is 11.2 Å². The van der Waals surface area contributed by atoms with Crippen LogP contribution in [0.2, 0.25) is 0 Å². The average Bonchev–Trinajstić information content (AvgIpc) is 2.25. The van der Waals surface area contributed by atoms with Gasteiger partial charge in [0.05, 0.1) is 5.41 Å². The largest absolute Gasteiger partial charge is 0.481 e. The van der Waals surface area contributed by atoms with E-state index >= 15 is 0 Å². The molecule has 0 fully saturated rings. The fourth-order valence-electron chi connectivity index (χ4n) is 2.47. The molecule has 2 rings (SSSR count). The van der Waals surface area contributed by atoms with E-state index in [-0.39, 0.29) is 0 Å². The molecule has 0 aliphatic heterocycles. The number of carboxylic acids is 1. The number of hydrogen-bond donors (Lipinski definition) is 1. The monoisotopic (exact) mass is 218 g/mol. The predicted molar refractivity (Wildman–Crippen MR) is 63.5 cm³/mol. The van der Waals surface area contributed by atoms with Crippen molar-refractivity contribution in [3.8, 4) is 0 Å². The van der Waals surface area contributed by atoms with Gasteiger partial charge in [-0.05, 0) is 43.2 Å². The Hall–Kier alpha value is -1.31. The first-order valence-electron chi connectivity index (χ1n) is 5.88. The molecule has 0 radical (unpaired) electrons. The summed E-state index contributed by atoms with van der Waals surface area (Å²) >= 11 is 0. The van der Waals surface area contributed by atoms with Crippen LogP contribution in [0.3, 0.4) is 0 Å². The number of aliphatic carboxylic acids is 1. The van der Waals surface area contributed by atoms with Gasteiger partial charge in [0.15, 0.2) is 0 Å². The topological polar surface area (TPSA) is 37.3 Å². The maximum absolute atomic E-state index is 11.2. The van der Waals surface area contributed by atoms with Crippen LogP contribution < -0.4 is 0 Å². The maximum Gasteiger partial charge on any atom is 0.309 e. The number of carboxylic acid groups (broad SMARTS) is 1. The Morgan fingerprint density at radius 1 is 1.50 bits per heavy atom. The van der Waals surface area contributed by atoms with Gasteiger partial charge in [0.2, 0.25) is 0 Å². The van der Waals surface area contributed by atoms with E-state index in [2.05, 4.69) is 12.1 Å². The second kappa shape index (κ2) is 3.93. The summed E-state index contributed by atoms with van der Waals surface area (Å²) < 4.78 is 0. The number of rotatable bonds is 4. The van der Waals surface area contributed by atoms with Crippen LogP contribution >= 0.6 is 0 Å². The summed E-state index contributed by atoms with van der Waals surface area (Å²) in [7, 11) is 0. The van der Waals surface area contributed by atoms with Gasteiger partial charge in [0.25, 0.3) is 0 Å². The first-order chi connectivity index (χ1) is 7.57. The molecule has 0 spiro atoms. The lowest BCUT2D eigenvalue weighted by Crippen LogP contribution is -2.32. The van der Waals surface area contributed by atoms with Crippen molar-refractivity contribution in [2.45, 2.75) is 39.0 Å². The summed E-state index contributed by atoms with van der Waals surface area (Å²) in [6, 6.07) is 8.34. The van der Waals surface area contributed by atoms with Gasteiger partial charge in [-0.2, -0.15) is 0 Å². The fraction of sp³-hybridized carbons (Fsp3) is 0.500. The van der Waals surface area contributed by atoms with Crippen LogP contribution in [0.25, 0.3) is 0 Å². The van der Waals surface area contributed by atoms with Crippen molar-refractivity contribution in [2.75, 3.05) is 0 Å². The zero-order valence-corrected chi connectivity index (χ0v) is 9.86. The Balaban J connectivity index is 2.11. The van der Waals surface area contributed by atoms with Gasteiger partial charge in [-0.1, -0.05) is 31.2 Å². The molecule has 2 atom stereocenters. The Labute approximate surface area is 96.3 Å². The highest BCUT2D eigenvalue weighted by Crippen LogP contribution is 2.43. The Kier molecular flexibility index (Phi) is 2.75. The van der Waals surface area contributed by atoms with E-state index in [0.29, 0.717) is 12.3 Å². The molecule has 1 aromatic carbocycles. The van der Waals surface area contributed by atoms with Crippen LogP contribution in [0.5, 0.6) is 0 Å². The van der Waals surface area contributed by atoms with Crippen molar-refractivity contribution < 1.29 is 9.90 Å². The van der Waals surface area contributed by atoms with E-state index in [4.69, 9.17) is 0 Å². The number of carbonyl (C=O) groups is 1. The summed E-state index contributed by atoms with van der Waals surface area (Å²) in [5.41, 5.74) is 2.16. The molecule has 2 unspecified atom stereocenters. The molecule has 1 aliphatic rings. The van der Waals surface area contributed by atoms with Crippen molar-refractivity contribution in [3.05, 3.63) is 35.4 Å². The van der Waals surface area contributed by atoms with Gasteiger partial charge in [0, 0.05) is 0 Å². The Morgan fingerprint density at radius 2 is 2.19 bits per heavy atom. The van der Waals surface area contributed by atoms with Gasteiger partial charge in [-0.3, -0.25) is 4.79 Å². The summed E-state index contributed by atoms with van der Waals surface area (Å²) in [5, 5.41) is 9.25. The molecule has 0 bridgehead atoms. The van der Waals surface area contributed by atoms with Crippen LogP contribution in [0, 0.1) is 5.41 Å². The minimum absolute atomic E-state index is 0.442. The molecule has 0 saturated heterocycles. The molecule has 0 saturated carbocycles. The zero-order chi connectivity index (χ0) is 11.8. The van der Waals surface area contributed by atoms with Gasteiger partial charge in [-0.25, -0.2) is 0 Å². The predicted octanol–water partition coefficient (Wildman–Crippen LogP) is 3.22. The van der Waals surface area contributed by atoms with Crippen molar-refractivity contribution in [1.29, 1.82) is 0 Å². The molecule has 0 heterocycles. The third-order valence-corrected chi connectivity index (χ3v) is 3.95. The number of benzene rings is 1. The van der Waals surface area contributed by atoms with Crippen molar-refractivity contribution >= 4 is 5.97 Å². The normalized spacial score (nSPS) is 21.8. The van der Waals surface area contributed by atoms with E-state index < -0.39 is 11.4 Å². The molecule has 0 amide bonds. The van der Waals surface area contributed by atoms with Gasteiger partial charge in [-0.15, -0.1) is 0 Å². The molecule has 86 valence electrons. The van der Waals surface area contributed by atoms with Crippen LogP contribution in [0.1, 0.15) is 43.7 Å². The van der Waals surface area contributed by atoms with E-state index in [9.17, 15) is 9.90 Å². The Morgan fingerprint density at radius 3 is 2.75 bits per heavy atom. The molecular formula is C14H18O2. The average molecular weight is 218 g/mol. The third-order valence-electron chi connectivity index (χ3n) is 3.95. The minimum Gasteiger partial charge on any atom is -0.481 e. The second-order valence-electron chi connectivity index (χ2n) is 5.02. The lowest BCUT2D eigenvalue weighted by Gasteiger charge is -2.35.